The molecule has 1 aliphatic carbocycles. The van der Waals surface area contributed by atoms with E-state index < -0.39 is 0 Å². The number of hydrogen-bond donors (Lipinski definition) is 1. The van der Waals surface area contributed by atoms with Gasteiger partial charge < -0.3 is 10.0 Å². The lowest BCUT2D eigenvalue weighted by Gasteiger charge is -2.38. The standard InChI is InChI=1S/C14H27NO/c16-11-9-14-8-4-5-10-15(14)12-13-6-2-1-3-7-13/h13-14,16H,1-12H2. The first-order valence-electron chi connectivity index (χ1n) is 7.25. The van der Waals surface area contributed by atoms with E-state index >= 15 is 0 Å². The Bertz CT molecular complexity index is 187. The summed E-state index contributed by atoms with van der Waals surface area (Å²) >= 11 is 0. The van der Waals surface area contributed by atoms with Gasteiger partial charge in [0, 0.05) is 19.2 Å². The van der Waals surface area contributed by atoms with Gasteiger partial charge in [0.15, 0.2) is 0 Å². The van der Waals surface area contributed by atoms with Crippen molar-refractivity contribution < 1.29 is 5.11 Å². The number of aliphatic hydroxyl groups is 1. The summed E-state index contributed by atoms with van der Waals surface area (Å²) < 4.78 is 0. The van der Waals surface area contributed by atoms with Crippen molar-refractivity contribution in [1.29, 1.82) is 0 Å². The summed E-state index contributed by atoms with van der Waals surface area (Å²) in [5.41, 5.74) is 0. The molecule has 2 aliphatic rings. The van der Waals surface area contributed by atoms with Gasteiger partial charge in [0.2, 0.25) is 0 Å². The van der Waals surface area contributed by atoms with Crippen LogP contribution in [-0.2, 0) is 0 Å². The molecular formula is C14H27NO. The minimum Gasteiger partial charge on any atom is -0.396 e. The van der Waals surface area contributed by atoms with Crippen LogP contribution in [0.1, 0.15) is 57.8 Å². The summed E-state index contributed by atoms with van der Waals surface area (Å²) in [6.07, 6.45) is 12.3. The van der Waals surface area contributed by atoms with E-state index in [1.807, 2.05) is 0 Å². The predicted octanol–water partition coefficient (Wildman–Crippen LogP) is 2.80. The first-order valence-corrected chi connectivity index (χ1v) is 7.25. The van der Waals surface area contributed by atoms with Crippen LogP contribution < -0.4 is 0 Å². The zero-order chi connectivity index (χ0) is 11.2. The number of likely N-dealkylation sites (tertiary alicyclic amines) is 1. The molecule has 1 unspecified atom stereocenters. The molecule has 0 aromatic rings. The van der Waals surface area contributed by atoms with Gasteiger partial charge in [-0.3, -0.25) is 0 Å². The third kappa shape index (κ3) is 3.46. The molecule has 1 saturated heterocycles. The summed E-state index contributed by atoms with van der Waals surface area (Å²) in [6.45, 7) is 2.96. The predicted molar refractivity (Wildman–Crippen MR) is 67.5 cm³/mol. The van der Waals surface area contributed by atoms with E-state index in [2.05, 4.69) is 4.90 Å². The Hall–Kier alpha value is -0.0800. The van der Waals surface area contributed by atoms with Crippen LogP contribution in [0.15, 0.2) is 0 Å². The Morgan fingerprint density at radius 1 is 0.938 bits per heavy atom. The van der Waals surface area contributed by atoms with Crippen LogP contribution in [0.4, 0.5) is 0 Å². The Morgan fingerprint density at radius 3 is 2.44 bits per heavy atom. The molecule has 0 aromatic carbocycles. The number of piperidine rings is 1. The highest BCUT2D eigenvalue weighted by molar-refractivity contribution is 4.79. The fourth-order valence-corrected chi connectivity index (χ4v) is 3.48. The van der Waals surface area contributed by atoms with E-state index in [1.165, 1.54) is 64.5 Å². The molecule has 2 nitrogen and oxygen atoms in total. The monoisotopic (exact) mass is 225 g/mol. The van der Waals surface area contributed by atoms with Crippen molar-refractivity contribution in [3.8, 4) is 0 Å². The molecule has 94 valence electrons. The van der Waals surface area contributed by atoms with Gasteiger partial charge in [-0.05, 0) is 44.6 Å². The van der Waals surface area contributed by atoms with Crippen molar-refractivity contribution in [2.24, 2.45) is 5.92 Å². The molecule has 0 aromatic heterocycles. The second-order valence-corrected chi connectivity index (χ2v) is 5.66. The molecule has 1 atom stereocenters. The van der Waals surface area contributed by atoms with Crippen molar-refractivity contribution in [3.63, 3.8) is 0 Å². The van der Waals surface area contributed by atoms with Crippen molar-refractivity contribution in [2.45, 2.75) is 63.8 Å². The second kappa shape index (κ2) is 6.61. The van der Waals surface area contributed by atoms with Gasteiger partial charge in [0.05, 0.1) is 0 Å². The Morgan fingerprint density at radius 2 is 1.69 bits per heavy atom. The molecule has 0 radical (unpaired) electrons. The fourth-order valence-electron chi connectivity index (χ4n) is 3.48. The molecular weight excluding hydrogens is 198 g/mol. The Labute approximate surface area is 100 Å². The SMILES string of the molecule is OCCC1CCCCN1CC1CCCCC1. The third-order valence-electron chi connectivity index (χ3n) is 4.43. The zero-order valence-electron chi connectivity index (χ0n) is 10.5. The average molecular weight is 225 g/mol. The average Bonchev–Trinajstić information content (AvgIpc) is 2.33. The van der Waals surface area contributed by atoms with Gasteiger partial charge in [0.1, 0.15) is 0 Å². The van der Waals surface area contributed by atoms with Gasteiger partial charge in [-0.25, -0.2) is 0 Å². The maximum absolute atomic E-state index is 9.12. The van der Waals surface area contributed by atoms with Gasteiger partial charge >= 0.3 is 0 Å². The van der Waals surface area contributed by atoms with Crippen LogP contribution >= 0.6 is 0 Å². The van der Waals surface area contributed by atoms with Crippen LogP contribution in [0, 0.1) is 5.92 Å². The molecule has 1 aliphatic heterocycles. The van der Waals surface area contributed by atoms with Crippen molar-refractivity contribution >= 4 is 0 Å². The smallest absolute Gasteiger partial charge is 0.0445 e. The molecule has 16 heavy (non-hydrogen) atoms. The lowest BCUT2D eigenvalue weighted by molar-refractivity contribution is 0.0929. The van der Waals surface area contributed by atoms with E-state index in [0.717, 1.165) is 12.3 Å². The normalized spacial score (nSPS) is 29.4. The molecule has 1 saturated carbocycles. The molecule has 0 spiro atoms. The number of aliphatic hydroxyl groups excluding tert-OH is 1. The van der Waals surface area contributed by atoms with Crippen molar-refractivity contribution in [3.05, 3.63) is 0 Å². The summed E-state index contributed by atoms with van der Waals surface area (Å²) in [5, 5.41) is 9.12. The van der Waals surface area contributed by atoms with Crippen LogP contribution in [0.3, 0.4) is 0 Å². The van der Waals surface area contributed by atoms with Gasteiger partial charge in [-0.15, -0.1) is 0 Å². The van der Waals surface area contributed by atoms with Crippen LogP contribution in [0.25, 0.3) is 0 Å². The zero-order valence-corrected chi connectivity index (χ0v) is 10.5. The van der Waals surface area contributed by atoms with E-state index in [0.29, 0.717) is 12.6 Å². The number of hydrogen-bond acceptors (Lipinski definition) is 2. The van der Waals surface area contributed by atoms with Gasteiger partial charge in [-0.2, -0.15) is 0 Å². The summed E-state index contributed by atoms with van der Waals surface area (Å²) in [4.78, 5) is 2.68. The lowest BCUT2D eigenvalue weighted by atomic mass is 9.87. The fraction of sp³-hybridized carbons (Fsp3) is 1.00. The van der Waals surface area contributed by atoms with E-state index in [1.54, 1.807) is 0 Å². The largest absolute Gasteiger partial charge is 0.396 e. The van der Waals surface area contributed by atoms with Gasteiger partial charge in [0.25, 0.3) is 0 Å². The lowest BCUT2D eigenvalue weighted by Crippen LogP contribution is -2.43. The minimum absolute atomic E-state index is 0.367. The molecule has 0 amide bonds. The van der Waals surface area contributed by atoms with Crippen LogP contribution in [-0.4, -0.2) is 35.7 Å². The quantitative estimate of drug-likeness (QED) is 0.795. The highest BCUT2D eigenvalue weighted by Crippen LogP contribution is 2.27. The number of rotatable bonds is 4. The molecule has 2 heteroatoms. The molecule has 1 heterocycles. The minimum atomic E-state index is 0.367. The highest BCUT2D eigenvalue weighted by atomic mass is 16.3. The van der Waals surface area contributed by atoms with Crippen molar-refractivity contribution in [1.82, 2.24) is 4.90 Å². The van der Waals surface area contributed by atoms with Gasteiger partial charge in [-0.1, -0.05) is 25.7 Å². The number of nitrogens with zero attached hydrogens (tertiary/aromatic N) is 1. The van der Waals surface area contributed by atoms with Crippen LogP contribution in [0.5, 0.6) is 0 Å². The topological polar surface area (TPSA) is 23.5 Å². The highest BCUT2D eigenvalue weighted by Gasteiger charge is 2.25. The summed E-state index contributed by atoms with van der Waals surface area (Å²) in [6, 6.07) is 0.681. The molecule has 1 N–H and O–H groups in total. The third-order valence-corrected chi connectivity index (χ3v) is 4.43. The molecule has 2 rings (SSSR count). The maximum Gasteiger partial charge on any atom is 0.0445 e. The summed E-state index contributed by atoms with van der Waals surface area (Å²) in [7, 11) is 0. The van der Waals surface area contributed by atoms with E-state index in [9.17, 15) is 0 Å². The Balaban J connectivity index is 1.80. The first kappa shape index (κ1) is 12.4. The second-order valence-electron chi connectivity index (χ2n) is 5.66. The molecule has 0 bridgehead atoms. The summed E-state index contributed by atoms with van der Waals surface area (Å²) in [5.74, 6) is 0.952. The van der Waals surface area contributed by atoms with Crippen molar-refractivity contribution in [2.75, 3.05) is 19.7 Å². The maximum atomic E-state index is 9.12. The van der Waals surface area contributed by atoms with E-state index in [4.69, 9.17) is 5.11 Å². The Kier molecular flexibility index (Phi) is 5.11. The molecule has 2 fully saturated rings. The first-order chi connectivity index (χ1) is 7.90. The van der Waals surface area contributed by atoms with E-state index in [-0.39, 0.29) is 0 Å². The van der Waals surface area contributed by atoms with Crippen LogP contribution in [0.2, 0.25) is 0 Å².